The zero-order valence-corrected chi connectivity index (χ0v) is 16.6. The molecule has 0 unspecified atom stereocenters. The molecule has 0 aromatic heterocycles. The number of nitrogens with one attached hydrogen (secondary N) is 1. The van der Waals surface area contributed by atoms with Crippen molar-refractivity contribution >= 4 is 29.2 Å². The minimum Gasteiger partial charge on any atom is -0.495 e. The standard InChI is InChI=1S/C19H20ClNO7/c1-24-14-6-5-12(20)9-13(14)21-17(22)10-28-19(23)11-7-15(25-2)18(27-4)16(8-11)26-3/h5-9H,10H2,1-4H3,(H,21,22). The van der Waals surface area contributed by atoms with Gasteiger partial charge in [-0.25, -0.2) is 4.79 Å². The molecule has 0 saturated carbocycles. The maximum atomic E-state index is 12.3. The van der Waals surface area contributed by atoms with Gasteiger partial charge >= 0.3 is 5.97 Å². The molecule has 9 heteroatoms. The summed E-state index contributed by atoms with van der Waals surface area (Å²) in [5.74, 6) is 0.0682. The first-order valence-corrected chi connectivity index (χ1v) is 8.41. The lowest BCUT2D eigenvalue weighted by atomic mass is 10.2. The van der Waals surface area contributed by atoms with Crippen LogP contribution in [0.1, 0.15) is 10.4 Å². The van der Waals surface area contributed by atoms with E-state index in [1.165, 1.54) is 46.6 Å². The smallest absolute Gasteiger partial charge is 0.338 e. The number of halogens is 1. The third kappa shape index (κ3) is 4.98. The molecule has 0 bridgehead atoms. The summed E-state index contributed by atoms with van der Waals surface area (Å²) in [7, 11) is 5.77. The van der Waals surface area contributed by atoms with Crippen LogP contribution in [0.2, 0.25) is 5.02 Å². The van der Waals surface area contributed by atoms with E-state index in [1.54, 1.807) is 12.1 Å². The predicted molar refractivity (Wildman–Crippen MR) is 103 cm³/mol. The Morgan fingerprint density at radius 1 is 0.893 bits per heavy atom. The Bertz CT molecular complexity index is 844. The molecule has 0 saturated heterocycles. The van der Waals surface area contributed by atoms with Crippen LogP contribution in [0.25, 0.3) is 0 Å². The van der Waals surface area contributed by atoms with Gasteiger partial charge in [-0.15, -0.1) is 0 Å². The second kappa shape index (κ2) is 9.70. The summed E-state index contributed by atoms with van der Waals surface area (Å²) in [4.78, 5) is 24.4. The van der Waals surface area contributed by atoms with Gasteiger partial charge in [-0.1, -0.05) is 11.6 Å². The average Bonchev–Trinajstić information content (AvgIpc) is 2.70. The zero-order chi connectivity index (χ0) is 20.7. The number of hydrogen-bond acceptors (Lipinski definition) is 7. The highest BCUT2D eigenvalue weighted by molar-refractivity contribution is 6.31. The largest absolute Gasteiger partial charge is 0.495 e. The van der Waals surface area contributed by atoms with E-state index in [1.807, 2.05) is 0 Å². The van der Waals surface area contributed by atoms with Crippen molar-refractivity contribution in [3.05, 3.63) is 40.9 Å². The Balaban J connectivity index is 2.08. The molecule has 0 aliphatic heterocycles. The highest BCUT2D eigenvalue weighted by Gasteiger charge is 2.19. The summed E-state index contributed by atoms with van der Waals surface area (Å²) >= 11 is 5.92. The summed E-state index contributed by atoms with van der Waals surface area (Å²) in [5.41, 5.74) is 0.506. The highest BCUT2D eigenvalue weighted by Crippen LogP contribution is 2.38. The lowest BCUT2D eigenvalue weighted by molar-refractivity contribution is -0.119. The fourth-order valence-corrected chi connectivity index (χ4v) is 2.55. The van der Waals surface area contributed by atoms with Crippen molar-refractivity contribution in [3.8, 4) is 23.0 Å². The number of hydrogen-bond donors (Lipinski definition) is 1. The van der Waals surface area contributed by atoms with Gasteiger partial charge in [-0.3, -0.25) is 4.79 Å². The third-order valence-corrected chi connectivity index (χ3v) is 3.91. The number of esters is 1. The number of benzene rings is 2. The molecule has 28 heavy (non-hydrogen) atoms. The number of rotatable bonds is 8. The first-order chi connectivity index (χ1) is 13.4. The minimum atomic E-state index is -0.729. The zero-order valence-electron chi connectivity index (χ0n) is 15.8. The van der Waals surface area contributed by atoms with Crippen LogP contribution < -0.4 is 24.3 Å². The number of amides is 1. The molecule has 0 spiro atoms. The van der Waals surface area contributed by atoms with Crippen LogP contribution in [-0.4, -0.2) is 46.9 Å². The van der Waals surface area contributed by atoms with Gasteiger partial charge in [-0.2, -0.15) is 0 Å². The van der Waals surface area contributed by atoms with E-state index >= 15 is 0 Å². The molecule has 0 heterocycles. The maximum absolute atomic E-state index is 12.3. The Morgan fingerprint density at radius 3 is 2.04 bits per heavy atom. The molecule has 0 radical (unpaired) electrons. The lowest BCUT2D eigenvalue weighted by Gasteiger charge is -2.14. The Morgan fingerprint density at radius 2 is 1.50 bits per heavy atom. The number of methoxy groups -OCH3 is 4. The van der Waals surface area contributed by atoms with E-state index in [0.717, 1.165) is 0 Å². The number of anilines is 1. The second-order valence-electron chi connectivity index (χ2n) is 5.38. The fourth-order valence-electron chi connectivity index (χ4n) is 2.38. The van der Waals surface area contributed by atoms with Crippen molar-refractivity contribution in [2.75, 3.05) is 40.4 Å². The third-order valence-electron chi connectivity index (χ3n) is 3.67. The molecule has 0 atom stereocenters. The molecule has 1 N–H and O–H groups in total. The van der Waals surface area contributed by atoms with Gasteiger partial charge in [0, 0.05) is 5.02 Å². The number of carbonyl (C=O) groups excluding carboxylic acids is 2. The Labute approximate surface area is 167 Å². The van der Waals surface area contributed by atoms with Gasteiger partial charge in [0.05, 0.1) is 39.7 Å². The van der Waals surface area contributed by atoms with Crippen LogP contribution >= 0.6 is 11.6 Å². The first-order valence-electron chi connectivity index (χ1n) is 8.04. The SMILES string of the molecule is COc1ccc(Cl)cc1NC(=O)COC(=O)c1cc(OC)c(OC)c(OC)c1. The van der Waals surface area contributed by atoms with E-state index in [0.29, 0.717) is 33.7 Å². The van der Waals surface area contributed by atoms with Crippen LogP contribution in [0.15, 0.2) is 30.3 Å². The fraction of sp³-hybridized carbons (Fsp3) is 0.263. The Kier molecular flexibility index (Phi) is 7.34. The second-order valence-corrected chi connectivity index (χ2v) is 5.82. The van der Waals surface area contributed by atoms with Gasteiger partial charge in [0.25, 0.3) is 5.91 Å². The molecule has 150 valence electrons. The summed E-state index contributed by atoms with van der Waals surface area (Å²) in [5, 5.41) is 3.00. The van der Waals surface area contributed by atoms with Crippen LogP contribution in [-0.2, 0) is 9.53 Å². The predicted octanol–water partition coefficient (Wildman–Crippen LogP) is 3.17. The van der Waals surface area contributed by atoms with Gasteiger partial charge in [-0.05, 0) is 30.3 Å². The van der Waals surface area contributed by atoms with Crippen LogP contribution in [0.3, 0.4) is 0 Å². The maximum Gasteiger partial charge on any atom is 0.338 e. The first kappa shape index (κ1) is 21.2. The molecule has 1 amide bonds. The molecule has 8 nitrogen and oxygen atoms in total. The van der Waals surface area contributed by atoms with E-state index in [2.05, 4.69) is 5.32 Å². The van der Waals surface area contributed by atoms with Crippen molar-refractivity contribution in [1.82, 2.24) is 0 Å². The molecule has 0 aliphatic rings. The summed E-state index contributed by atoms with van der Waals surface area (Å²) in [6, 6.07) is 7.63. The summed E-state index contributed by atoms with van der Waals surface area (Å²) < 4.78 is 25.8. The lowest BCUT2D eigenvalue weighted by Crippen LogP contribution is -2.21. The molecule has 0 aliphatic carbocycles. The number of carbonyl (C=O) groups is 2. The van der Waals surface area contributed by atoms with E-state index in [4.69, 9.17) is 35.3 Å². The topological polar surface area (TPSA) is 92.3 Å². The van der Waals surface area contributed by atoms with Crippen LogP contribution in [0.5, 0.6) is 23.0 Å². The minimum absolute atomic E-state index is 0.141. The van der Waals surface area contributed by atoms with Crippen molar-refractivity contribution in [2.45, 2.75) is 0 Å². The van der Waals surface area contributed by atoms with E-state index < -0.39 is 18.5 Å². The Hall–Kier alpha value is -3.13. The van der Waals surface area contributed by atoms with E-state index in [-0.39, 0.29) is 5.56 Å². The van der Waals surface area contributed by atoms with Gasteiger partial charge in [0.1, 0.15) is 5.75 Å². The van der Waals surface area contributed by atoms with Crippen molar-refractivity contribution in [2.24, 2.45) is 0 Å². The monoisotopic (exact) mass is 409 g/mol. The molecule has 0 fully saturated rings. The van der Waals surface area contributed by atoms with Crippen molar-refractivity contribution < 1.29 is 33.3 Å². The molecular weight excluding hydrogens is 390 g/mol. The molecule has 2 aromatic carbocycles. The normalized spacial score (nSPS) is 10.0. The average molecular weight is 410 g/mol. The van der Waals surface area contributed by atoms with Crippen molar-refractivity contribution in [3.63, 3.8) is 0 Å². The van der Waals surface area contributed by atoms with Crippen molar-refractivity contribution in [1.29, 1.82) is 0 Å². The number of ether oxygens (including phenoxy) is 5. The quantitative estimate of drug-likeness (QED) is 0.669. The van der Waals surface area contributed by atoms with Crippen LogP contribution in [0.4, 0.5) is 5.69 Å². The van der Waals surface area contributed by atoms with E-state index in [9.17, 15) is 9.59 Å². The van der Waals surface area contributed by atoms with Gasteiger partial charge < -0.3 is 29.0 Å². The summed E-state index contributed by atoms with van der Waals surface area (Å²) in [6.07, 6.45) is 0. The van der Waals surface area contributed by atoms with Gasteiger partial charge in [0.15, 0.2) is 18.1 Å². The van der Waals surface area contributed by atoms with Gasteiger partial charge in [0.2, 0.25) is 5.75 Å². The molecule has 2 aromatic rings. The highest BCUT2D eigenvalue weighted by atomic mass is 35.5. The molecule has 2 rings (SSSR count). The molecular formula is C19H20ClNO7. The summed E-state index contributed by atoms with van der Waals surface area (Å²) in [6.45, 7) is -0.509. The van der Waals surface area contributed by atoms with Crippen LogP contribution in [0, 0.1) is 0 Å².